The highest BCUT2D eigenvalue weighted by atomic mass is 127. The molecule has 0 unspecified atom stereocenters. The molecule has 0 spiro atoms. The quantitative estimate of drug-likeness (QED) is 0.0575. The van der Waals surface area contributed by atoms with E-state index in [1.807, 2.05) is 67.8 Å². The number of hydrogen-bond acceptors (Lipinski definition) is 8. The first-order chi connectivity index (χ1) is 18.1. The molecule has 0 aliphatic carbocycles. The summed E-state index contributed by atoms with van der Waals surface area (Å²) in [4.78, 5) is 22.3. The summed E-state index contributed by atoms with van der Waals surface area (Å²) in [7, 11) is -5.67. The van der Waals surface area contributed by atoms with Crippen LogP contribution in [0.15, 0.2) is 35.2 Å². The summed E-state index contributed by atoms with van der Waals surface area (Å²) in [5.41, 5.74) is -0.146. The summed E-state index contributed by atoms with van der Waals surface area (Å²) in [5, 5.41) is 10.0. The van der Waals surface area contributed by atoms with Crippen LogP contribution in [0.2, 0.25) is 0 Å². The van der Waals surface area contributed by atoms with Gasteiger partial charge in [-0.05, 0) is 98.1 Å². The van der Waals surface area contributed by atoms with Crippen LogP contribution in [-0.4, -0.2) is 43.2 Å². The predicted molar refractivity (Wildman–Crippen MR) is 150 cm³/mol. The summed E-state index contributed by atoms with van der Waals surface area (Å²) in [5.74, 6) is -13.5. The highest BCUT2D eigenvalue weighted by molar-refractivity contribution is 14.1. The molecule has 3 rings (SSSR count). The molecular weight excluding hydrogens is 897 g/mol. The van der Waals surface area contributed by atoms with Gasteiger partial charge >= 0.3 is 22.1 Å². The Bertz CT molecular complexity index is 1550. The van der Waals surface area contributed by atoms with Gasteiger partial charge in [-0.2, -0.15) is 17.2 Å². The number of phenolic OH excluding ortho intramolecular Hbond substituents is 1. The number of hydrogen-bond donors (Lipinski definition) is 2. The van der Waals surface area contributed by atoms with Crippen molar-refractivity contribution in [2.45, 2.75) is 4.90 Å². The summed E-state index contributed by atoms with van der Waals surface area (Å²) in [6, 6.07) is 6.24. The van der Waals surface area contributed by atoms with Crippen LogP contribution in [0.3, 0.4) is 0 Å². The second-order valence-electron chi connectivity index (χ2n) is 7.17. The van der Waals surface area contributed by atoms with Crippen molar-refractivity contribution in [3.05, 3.63) is 75.4 Å². The first-order valence-electron chi connectivity index (χ1n) is 9.97. The van der Waals surface area contributed by atoms with Gasteiger partial charge in [0.1, 0.15) is 24.7 Å². The minimum absolute atomic E-state index is 0.0469. The number of phenols is 1. The van der Waals surface area contributed by atoms with Gasteiger partial charge in [0.25, 0.3) is 0 Å². The molecule has 208 valence electrons. The molecule has 17 heteroatoms. The van der Waals surface area contributed by atoms with Crippen molar-refractivity contribution >= 4 is 89.8 Å². The largest absolute Gasteiger partial charge is 0.506 e. The highest BCUT2D eigenvalue weighted by Gasteiger charge is 2.34. The van der Waals surface area contributed by atoms with Crippen LogP contribution in [0.4, 0.5) is 17.6 Å². The molecule has 39 heavy (non-hydrogen) atoms. The fraction of sp³-hybridized carbons (Fsp3) is 0.0909. The second-order valence-corrected chi connectivity index (χ2v) is 11.9. The van der Waals surface area contributed by atoms with Crippen LogP contribution in [-0.2, 0) is 14.9 Å². The number of esters is 2. The van der Waals surface area contributed by atoms with E-state index in [0.717, 1.165) is 12.1 Å². The Kier molecular flexibility index (Phi) is 10.3. The van der Waals surface area contributed by atoms with Crippen molar-refractivity contribution in [1.82, 2.24) is 0 Å². The van der Waals surface area contributed by atoms with E-state index in [0.29, 0.717) is 10.7 Å². The van der Waals surface area contributed by atoms with Crippen LogP contribution in [0.1, 0.15) is 20.7 Å². The van der Waals surface area contributed by atoms with Gasteiger partial charge in [0.15, 0.2) is 16.5 Å². The predicted octanol–water partition coefficient (Wildman–Crippen LogP) is 5.46. The van der Waals surface area contributed by atoms with E-state index in [9.17, 15) is 40.7 Å². The zero-order valence-electron chi connectivity index (χ0n) is 18.6. The lowest BCUT2D eigenvalue weighted by atomic mass is 10.2. The standard InChI is InChI=1S/C22H11F4I3O9S/c23-13-15(25)20(39(33,34)35)16(26)14(24)19(13)38-21(31)8-1-3-9(4-2-8)36-5-6-37-22(32)12-10(27)7-11(28)18(30)17(12)29/h1-4,7,30H,5-6H2,(H,33,34,35). The van der Waals surface area contributed by atoms with E-state index in [-0.39, 0.29) is 35.8 Å². The van der Waals surface area contributed by atoms with E-state index in [2.05, 4.69) is 4.74 Å². The molecule has 9 nitrogen and oxygen atoms in total. The third kappa shape index (κ3) is 7.03. The molecule has 0 aromatic heterocycles. The third-order valence-corrected chi connectivity index (χ3v) is 8.26. The third-order valence-electron chi connectivity index (χ3n) is 4.66. The number of rotatable bonds is 8. The van der Waals surface area contributed by atoms with Gasteiger partial charge in [-0.25, -0.2) is 18.4 Å². The smallest absolute Gasteiger partial charge is 0.343 e. The van der Waals surface area contributed by atoms with Crippen molar-refractivity contribution in [3.63, 3.8) is 0 Å². The van der Waals surface area contributed by atoms with Gasteiger partial charge in [-0.15, -0.1) is 0 Å². The van der Waals surface area contributed by atoms with Gasteiger partial charge in [0.05, 0.1) is 18.3 Å². The Morgan fingerprint density at radius 2 is 1.41 bits per heavy atom. The monoisotopic (exact) mass is 908 g/mol. The molecule has 0 fully saturated rings. The molecule has 0 heterocycles. The van der Waals surface area contributed by atoms with Crippen molar-refractivity contribution in [3.8, 4) is 17.2 Å². The molecule has 2 N–H and O–H groups in total. The Labute approximate surface area is 258 Å². The summed E-state index contributed by atoms with van der Waals surface area (Å²) in [6.45, 7) is -0.301. The number of carbonyl (C=O) groups is 2. The summed E-state index contributed by atoms with van der Waals surface area (Å²) in [6.07, 6.45) is 0. The van der Waals surface area contributed by atoms with Crippen LogP contribution in [0.25, 0.3) is 0 Å². The molecule has 3 aromatic rings. The maximum atomic E-state index is 14.1. The summed E-state index contributed by atoms with van der Waals surface area (Å²) < 4.78 is 103. The molecule has 0 bridgehead atoms. The zero-order chi connectivity index (χ0) is 29.2. The molecule has 3 aromatic carbocycles. The first-order valence-corrected chi connectivity index (χ1v) is 14.6. The number of ether oxygens (including phenoxy) is 3. The zero-order valence-corrected chi connectivity index (χ0v) is 25.9. The molecule has 0 atom stereocenters. The molecule has 0 saturated carbocycles. The van der Waals surface area contributed by atoms with Crippen molar-refractivity contribution < 1.29 is 59.4 Å². The normalized spacial score (nSPS) is 11.3. The average molecular weight is 908 g/mol. The second kappa shape index (κ2) is 12.7. The molecule has 0 radical (unpaired) electrons. The minimum Gasteiger partial charge on any atom is -0.506 e. The Morgan fingerprint density at radius 3 is 1.95 bits per heavy atom. The van der Waals surface area contributed by atoms with E-state index in [1.165, 1.54) is 12.1 Å². The van der Waals surface area contributed by atoms with Gasteiger partial charge in [-0.1, -0.05) is 0 Å². The minimum atomic E-state index is -5.67. The van der Waals surface area contributed by atoms with Gasteiger partial charge in [0.2, 0.25) is 17.4 Å². The van der Waals surface area contributed by atoms with E-state index in [1.54, 1.807) is 6.07 Å². The molecule has 0 saturated heterocycles. The SMILES string of the molecule is O=C(Oc1c(F)c(F)c(S(=O)(=O)O)c(F)c1F)c1ccc(OCCOC(=O)c2c(I)cc(I)c(O)c2I)cc1. The number of halogens is 7. The number of carbonyl (C=O) groups excluding carboxylic acids is 2. The topological polar surface area (TPSA) is 136 Å². The molecule has 0 aliphatic heterocycles. The van der Waals surface area contributed by atoms with Crippen LogP contribution >= 0.6 is 67.8 Å². The molecular formula is C22H11F4I3O9S. The lowest BCUT2D eigenvalue weighted by Gasteiger charge is -2.12. The molecule has 0 amide bonds. The van der Waals surface area contributed by atoms with Crippen LogP contribution < -0.4 is 9.47 Å². The van der Waals surface area contributed by atoms with E-state index < -0.39 is 56.0 Å². The fourth-order valence-corrected chi connectivity index (χ4v) is 7.32. The summed E-state index contributed by atoms with van der Waals surface area (Å²) >= 11 is 5.69. The first kappa shape index (κ1) is 31.5. The number of aromatic hydroxyl groups is 1. The number of benzene rings is 3. The van der Waals surface area contributed by atoms with E-state index in [4.69, 9.17) is 14.0 Å². The van der Waals surface area contributed by atoms with Gasteiger partial charge in [-0.3, -0.25) is 4.55 Å². The Morgan fingerprint density at radius 1 is 0.846 bits per heavy atom. The highest BCUT2D eigenvalue weighted by Crippen LogP contribution is 2.34. The van der Waals surface area contributed by atoms with Crippen LogP contribution in [0, 0.1) is 34.0 Å². The maximum absolute atomic E-state index is 14.1. The average Bonchev–Trinajstić information content (AvgIpc) is 2.86. The van der Waals surface area contributed by atoms with E-state index >= 15 is 0 Å². The maximum Gasteiger partial charge on any atom is 0.343 e. The van der Waals surface area contributed by atoms with Gasteiger partial charge < -0.3 is 19.3 Å². The lowest BCUT2D eigenvalue weighted by Crippen LogP contribution is -2.16. The van der Waals surface area contributed by atoms with Crippen molar-refractivity contribution in [2.75, 3.05) is 13.2 Å². The van der Waals surface area contributed by atoms with Crippen LogP contribution in [0.5, 0.6) is 17.2 Å². The van der Waals surface area contributed by atoms with Crippen molar-refractivity contribution in [2.24, 2.45) is 0 Å². The fourth-order valence-electron chi connectivity index (χ4n) is 2.88. The molecule has 0 aliphatic rings. The lowest BCUT2D eigenvalue weighted by molar-refractivity contribution is 0.0447. The Balaban J connectivity index is 1.62. The van der Waals surface area contributed by atoms with Gasteiger partial charge in [0, 0.05) is 3.57 Å². The Hall–Kier alpha value is -1.98. The van der Waals surface area contributed by atoms with Crippen molar-refractivity contribution in [1.29, 1.82) is 0 Å².